The average Bonchev–Trinajstić information content (AvgIpc) is 3.01. The lowest BCUT2D eigenvalue weighted by Crippen LogP contribution is -2.38. The highest BCUT2D eigenvalue weighted by molar-refractivity contribution is 5.96. The fraction of sp³-hybridized carbons (Fsp3) is 0.267. The normalized spacial score (nSPS) is 11.9. The van der Waals surface area contributed by atoms with Crippen LogP contribution in [0, 0.1) is 0 Å². The quantitative estimate of drug-likeness (QED) is 0.881. The lowest BCUT2D eigenvalue weighted by atomic mass is 10.2. The first-order valence-corrected chi connectivity index (χ1v) is 6.67. The molecule has 1 heterocycles. The maximum Gasteiger partial charge on any atom is 0.305 e. The van der Waals surface area contributed by atoms with E-state index in [2.05, 4.69) is 5.10 Å². The molecule has 1 atom stereocenters. The smallest absolute Gasteiger partial charge is 0.305 e. The molecule has 0 aliphatic heterocycles. The second-order valence-corrected chi connectivity index (χ2v) is 4.63. The van der Waals surface area contributed by atoms with Gasteiger partial charge in [-0.05, 0) is 25.1 Å². The molecule has 1 N–H and O–H groups in total. The van der Waals surface area contributed by atoms with Crippen LogP contribution in [-0.2, 0) is 9.59 Å². The molecule has 0 aliphatic rings. The van der Waals surface area contributed by atoms with Crippen LogP contribution in [0.2, 0.25) is 0 Å². The van der Waals surface area contributed by atoms with Crippen molar-refractivity contribution < 1.29 is 14.7 Å². The lowest BCUT2D eigenvalue weighted by Gasteiger charge is -2.25. The number of nitrogens with zero attached hydrogens (tertiary/aromatic N) is 3. The van der Waals surface area contributed by atoms with E-state index < -0.39 is 12.0 Å². The van der Waals surface area contributed by atoms with E-state index in [1.165, 1.54) is 4.90 Å². The molecule has 0 bridgehead atoms. The van der Waals surface area contributed by atoms with Crippen LogP contribution in [0.3, 0.4) is 0 Å². The van der Waals surface area contributed by atoms with Gasteiger partial charge in [0, 0.05) is 24.6 Å². The van der Waals surface area contributed by atoms with Gasteiger partial charge in [0.15, 0.2) is 0 Å². The molecule has 0 aliphatic carbocycles. The first-order chi connectivity index (χ1) is 10.1. The van der Waals surface area contributed by atoms with Gasteiger partial charge in [0.25, 0.3) is 5.91 Å². The average molecular weight is 287 g/mol. The Morgan fingerprint density at radius 1 is 1.29 bits per heavy atom. The third-order valence-electron chi connectivity index (χ3n) is 3.16. The lowest BCUT2D eigenvalue weighted by molar-refractivity contribution is -0.136. The second-order valence-electron chi connectivity index (χ2n) is 4.63. The number of para-hydroxylation sites is 1. The number of hydrogen-bond donors (Lipinski definition) is 1. The van der Waals surface area contributed by atoms with Gasteiger partial charge in [-0.25, -0.2) is 0 Å². The minimum atomic E-state index is -0.935. The maximum atomic E-state index is 12.6. The number of anilines is 1. The number of carboxylic acids is 1. The molecule has 0 fully saturated rings. The maximum absolute atomic E-state index is 12.6. The molecule has 21 heavy (non-hydrogen) atoms. The molecule has 1 amide bonds. The van der Waals surface area contributed by atoms with Crippen LogP contribution in [0.1, 0.15) is 19.4 Å². The molecule has 1 unspecified atom stereocenters. The zero-order valence-electron chi connectivity index (χ0n) is 11.7. The summed E-state index contributed by atoms with van der Waals surface area (Å²) in [6.07, 6.45) is 3.21. The first kappa shape index (κ1) is 14.8. The molecule has 0 saturated heterocycles. The molecular weight excluding hydrogens is 270 g/mol. The number of aromatic nitrogens is 2. The van der Waals surface area contributed by atoms with Gasteiger partial charge in [-0.3, -0.25) is 14.3 Å². The summed E-state index contributed by atoms with van der Waals surface area (Å²) < 4.78 is 1.55. The zero-order valence-corrected chi connectivity index (χ0v) is 11.7. The van der Waals surface area contributed by atoms with Gasteiger partial charge in [0.2, 0.25) is 0 Å². The van der Waals surface area contributed by atoms with Gasteiger partial charge < -0.3 is 10.0 Å². The zero-order chi connectivity index (χ0) is 15.2. The van der Waals surface area contributed by atoms with E-state index in [9.17, 15) is 9.59 Å². The Morgan fingerprint density at radius 3 is 2.57 bits per heavy atom. The Hall–Kier alpha value is -2.63. The Labute approximate surface area is 122 Å². The molecule has 6 heteroatoms. The Balaban J connectivity index is 2.22. The first-order valence-electron chi connectivity index (χ1n) is 6.67. The van der Waals surface area contributed by atoms with Crippen molar-refractivity contribution >= 4 is 17.6 Å². The van der Waals surface area contributed by atoms with Gasteiger partial charge in [0.1, 0.15) is 6.04 Å². The summed E-state index contributed by atoms with van der Waals surface area (Å²) in [4.78, 5) is 24.9. The van der Waals surface area contributed by atoms with Crippen LogP contribution < -0.4 is 4.90 Å². The van der Waals surface area contributed by atoms with E-state index in [-0.39, 0.29) is 18.9 Å². The van der Waals surface area contributed by atoms with Gasteiger partial charge in [-0.2, -0.15) is 5.10 Å². The topological polar surface area (TPSA) is 75.4 Å². The largest absolute Gasteiger partial charge is 0.481 e. The molecule has 2 rings (SSSR count). The van der Waals surface area contributed by atoms with E-state index in [1.807, 2.05) is 18.2 Å². The Kier molecular flexibility index (Phi) is 4.71. The van der Waals surface area contributed by atoms with E-state index in [4.69, 9.17) is 5.11 Å². The van der Waals surface area contributed by atoms with Crippen molar-refractivity contribution in [3.63, 3.8) is 0 Å². The summed E-state index contributed by atoms with van der Waals surface area (Å²) in [6.45, 7) is 1.87. The molecule has 6 nitrogen and oxygen atoms in total. The SMILES string of the molecule is CC(C(=O)N(CCC(=O)O)c1ccccc1)n1cccn1. The van der Waals surface area contributed by atoms with Crippen molar-refractivity contribution in [2.24, 2.45) is 0 Å². The summed E-state index contributed by atoms with van der Waals surface area (Å²) >= 11 is 0. The van der Waals surface area contributed by atoms with Gasteiger partial charge in [-0.1, -0.05) is 18.2 Å². The van der Waals surface area contributed by atoms with Crippen molar-refractivity contribution in [2.45, 2.75) is 19.4 Å². The molecule has 0 radical (unpaired) electrons. The number of carbonyl (C=O) groups excluding carboxylic acids is 1. The minimum Gasteiger partial charge on any atom is -0.481 e. The van der Waals surface area contributed by atoms with Gasteiger partial charge >= 0.3 is 5.97 Å². The fourth-order valence-corrected chi connectivity index (χ4v) is 2.03. The van der Waals surface area contributed by atoms with Crippen molar-refractivity contribution in [2.75, 3.05) is 11.4 Å². The van der Waals surface area contributed by atoms with E-state index in [0.29, 0.717) is 5.69 Å². The number of carboxylic acid groups (broad SMARTS) is 1. The highest BCUT2D eigenvalue weighted by Gasteiger charge is 2.23. The molecular formula is C15H17N3O3. The number of benzene rings is 1. The second kappa shape index (κ2) is 6.69. The van der Waals surface area contributed by atoms with E-state index in [1.54, 1.807) is 42.2 Å². The molecule has 0 spiro atoms. The predicted molar refractivity (Wildman–Crippen MR) is 78.0 cm³/mol. The van der Waals surface area contributed by atoms with Crippen LogP contribution >= 0.6 is 0 Å². The van der Waals surface area contributed by atoms with Crippen LogP contribution in [0.4, 0.5) is 5.69 Å². The predicted octanol–water partition coefficient (Wildman–Crippen LogP) is 1.95. The van der Waals surface area contributed by atoms with Gasteiger partial charge in [-0.15, -0.1) is 0 Å². The summed E-state index contributed by atoms with van der Waals surface area (Å²) in [6, 6.07) is 10.3. The number of carbonyl (C=O) groups is 2. The Bertz CT molecular complexity index is 596. The molecule has 110 valence electrons. The minimum absolute atomic E-state index is 0.105. The number of hydrogen-bond acceptors (Lipinski definition) is 3. The molecule has 0 saturated carbocycles. The van der Waals surface area contributed by atoms with Crippen LogP contribution in [0.5, 0.6) is 0 Å². The van der Waals surface area contributed by atoms with Crippen molar-refractivity contribution in [3.8, 4) is 0 Å². The summed E-state index contributed by atoms with van der Waals surface area (Å²) in [5.41, 5.74) is 0.683. The number of aliphatic carboxylic acids is 1. The highest BCUT2D eigenvalue weighted by atomic mass is 16.4. The van der Waals surface area contributed by atoms with E-state index >= 15 is 0 Å². The monoisotopic (exact) mass is 287 g/mol. The summed E-state index contributed by atoms with van der Waals surface area (Å²) in [7, 11) is 0. The third-order valence-corrected chi connectivity index (χ3v) is 3.16. The summed E-state index contributed by atoms with van der Waals surface area (Å²) in [5, 5.41) is 12.9. The number of amides is 1. The Morgan fingerprint density at radius 2 is 2.00 bits per heavy atom. The molecule has 2 aromatic rings. The standard InChI is InChI=1S/C15H17N3O3/c1-12(18-10-5-9-16-18)15(21)17(11-8-14(19)20)13-6-3-2-4-7-13/h2-7,9-10,12H,8,11H2,1H3,(H,19,20). The summed E-state index contributed by atoms with van der Waals surface area (Å²) in [5.74, 6) is -1.12. The van der Waals surface area contributed by atoms with Crippen LogP contribution in [0.25, 0.3) is 0 Å². The number of rotatable bonds is 6. The van der Waals surface area contributed by atoms with Crippen molar-refractivity contribution in [1.29, 1.82) is 0 Å². The fourth-order valence-electron chi connectivity index (χ4n) is 2.03. The highest BCUT2D eigenvalue weighted by Crippen LogP contribution is 2.18. The van der Waals surface area contributed by atoms with Gasteiger partial charge in [0.05, 0.1) is 6.42 Å². The molecule has 1 aromatic heterocycles. The van der Waals surface area contributed by atoms with E-state index in [0.717, 1.165) is 0 Å². The third kappa shape index (κ3) is 3.68. The van der Waals surface area contributed by atoms with Crippen LogP contribution in [-0.4, -0.2) is 33.3 Å². The van der Waals surface area contributed by atoms with Crippen molar-refractivity contribution in [1.82, 2.24) is 9.78 Å². The van der Waals surface area contributed by atoms with Crippen LogP contribution in [0.15, 0.2) is 48.8 Å². The van der Waals surface area contributed by atoms with Crippen molar-refractivity contribution in [3.05, 3.63) is 48.8 Å². The molecule has 1 aromatic carbocycles.